The minimum Gasteiger partial charge on any atom is -0.497 e. The van der Waals surface area contributed by atoms with E-state index in [1.165, 1.54) is 11.3 Å². The molecule has 2 N–H and O–H groups in total. The number of hydrogen-bond acceptors (Lipinski definition) is 7. The number of thiazole rings is 1. The number of rotatable bonds is 8. The maximum absolute atomic E-state index is 13.2. The molecule has 1 amide bonds. The summed E-state index contributed by atoms with van der Waals surface area (Å²) in [6.45, 7) is 1.52. The molecule has 186 valence electrons. The van der Waals surface area contributed by atoms with Crippen LogP contribution >= 0.6 is 27.3 Å². The van der Waals surface area contributed by atoms with E-state index in [1.54, 1.807) is 12.0 Å². The van der Waals surface area contributed by atoms with Crippen LogP contribution in [0.3, 0.4) is 0 Å². The Morgan fingerprint density at radius 3 is 2.09 bits per heavy atom. The molecule has 0 aliphatic heterocycles. The highest BCUT2D eigenvalue weighted by Gasteiger charge is 2.21. The lowest BCUT2D eigenvalue weighted by molar-refractivity contribution is -0.159. The van der Waals surface area contributed by atoms with E-state index in [4.69, 9.17) is 29.5 Å². The molecule has 0 aliphatic carbocycles. The topological polar surface area (TPSA) is 120 Å². The number of ether oxygens (including phenoxy) is 1. The number of methoxy groups -OCH3 is 1. The molecule has 3 aromatic rings. The first-order valence-corrected chi connectivity index (χ1v) is 12.1. The molecule has 1 aromatic heterocycles. The number of halogens is 1. The molecule has 0 atom stereocenters. The minimum absolute atomic E-state index is 0.0353. The molecule has 9 nitrogen and oxygen atoms in total. The summed E-state index contributed by atoms with van der Waals surface area (Å²) >= 11 is 4.91. The first-order valence-electron chi connectivity index (χ1n) is 10.4. The number of carbonyl (C=O) groups is 3. The third-order valence-corrected chi connectivity index (χ3v) is 6.01. The molecule has 0 saturated heterocycles. The molecule has 0 aliphatic rings. The number of nitrogens with zero attached hydrogens (tertiary/aromatic N) is 3. The number of carboxylic acids is 2. The van der Waals surface area contributed by atoms with Crippen LogP contribution in [0, 0.1) is 0 Å². The predicted octanol–water partition coefficient (Wildman–Crippen LogP) is 4.34. The van der Waals surface area contributed by atoms with Gasteiger partial charge in [-0.05, 0) is 75.6 Å². The normalized spacial score (nSPS) is 10.3. The SMILES string of the molecule is COc1ccc(-c2csc(N(CCCN(C)C)C(=O)c3ccc(Br)cc3)n2)cc1.O=C(O)C(=O)O. The lowest BCUT2D eigenvalue weighted by atomic mass is 10.2. The summed E-state index contributed by atoms with van der Waals surface area (Å²) in [6, 6.07) is 15.2. The van der Waals surface area contributed by atoms with E-state index >= 15 is 0 Å². The van der Waals surface area contributed by atoms with Gasteiger partial charge < -0.3 is 19.8 Å². The van der Waals surface area contributed by atoms with E-state index in [-0.39, 0.29) is 5.91 Å². The number of aromatic nitrogens is 1. The van der Waals surface area contributed by atoms with E-state index < -0.39 is 11.9 Å². The van der Waals surface area contributed by atoms with Crippen LogP contribution < -0.4 is 9.64 Å². The Morgan fingerprint density at radius 2 is 1.57 bits per heavy atom. The summed E-state index contributed by atoms with van der Waals surface area (Å²) in [5.74, 6) is -2.88. The van der Waals surface area contributed by atoms with Crippen molar-refractivity contribution in [3.05, 3.63) is 63.9 Å². The van der Waals surface area contributed by atoms with Gasteiger partial charge in [-0.2, -0.15) is 0 Å². The fraction of sp³-hybridized carbons (Fsp3) is 0.250. The minimum atomic E-state index is -1.82. The van der Waals surface area contributed by atoms with Crippen LogP contribution in [0.2, 0.25) is 0 Å². The van der Waals surface area contributed by atoms with Gasteiger partial charge in [0.2, 0.25) is 0 Å². The van der Waals surface area contributed by atoms with E-state index in [0.717, 1.165) is 34.4 Å². The number of benzene rings is 2. The summed E-state index contributed by atoms with van der Waals surface area (Å²) < 4.78 is 6.17. The van der Waals surface area contributed by atoms with Crippen molar-refractivity contribution in [3.63, 3.8) is 0 Å². The highest BCUT2D eigenvalue weighted by Crippen LogP contribution is 2.30. The molecule has 0 saturated carbocycles. The quantitative estimate of drug-likeness (QED) is 0.388. The van der Waals surface area contributed by atoms with Crippen molar-refractivity contribution in [1.29, 1.82) is 0 Å². The Balaban J connectivity index is 0.000000641. The summed E-state index contributed by atoms with van der Waals surface area (Å²) in [5, 5.41) is 17.5. The summed E-state index contributed by atoms with van der Waals surface area (Å²) in [6.07, 6.45) is 0.868. The van der Waals surface area contributed by atoms with Gasteiger partial charge in [0.15, 0.2) is 5.13 Å². The van der Waals surface area contributed by atoms with Gasteiger partial charge in [0.25, 0.3) is 5.91 Å². The van der Waals surface area contributed by atoms with Gasteiger partial charge in [-0.1, -0.05) is 15.9 Å². The van der Waals surface area contributed by atoms with Crippen molar-refractivity contribution in [2.45, 2.75) is 6.42 Å². The molecule has 0 spiro atoms. The molecular weight excluding hydrogens is 538 g/mol. The van der Waals surface area contributed by atoms with Gasteiger partial charge in [-0.15, -0.1) is 11.3 Å². The maximum Gasteiger partial charge on any atom is 0.414 e. The number of anilines is 1. The Bertz CT molecular complexity index is 1120. The lowest BCUT2D eigenvalue weighted by Gasteiger charge is -2.21. The van der Waals surface area contributed by atoms with Crippen molar-refractivity contribution in [2.75, 3.05) is 39.2 Å². The average molecular weight is 564 g/mol. The lowest BCUT2D eigenvalue weighted by Crippen LogP contribution is -2.33. The Morgan fingerprint density at radius 1 is 0.971 bits per heavy atom. The third kappa shape index (κ3) is 8.78. The zero-order chi connectivity index (χ0) is 26.0. The molecule has 0 unspecified atom stereocenters. The number of aliphatic carboxylic acids is 2. The summed E-state index contributed by atoms with van der Waals surface area (Å²) in [5.41, 5.74) is 2.51. The van der Waals surface area contributed by atoms with Crippen LogP contribution in [0.1, 0.15) is 16.8 Å². The Labute approximate surface area is 215 Å². The van der Waals surface area contributed by atoms with Crippen molar-refractivity contribution in [3.8, 4) is 17.0 Å². The molecule has 3 rings (SSSR count). The van der Waals surface area contributed by atoms with Gasteiger partial charge in [0.05, 0.1) is 12.8 Å². The first kappa shape index (κ1) is 28.0. The Hall–Kier alpha value is -3.28. The van der Waals surface area contributed by atoms with Crippen molar-refractivity contribution in [1.82, 2.24) is 9.88 Å². The van der Waals surface area contributed by atoms with E-state index in [2.05, 4.69) is 20.8 Å². The van der Waals surface area contributed by atoms with Gasteiger partial charge >= 0.3 is 11.9 Å². The van der Waals surface area contributed by atoms with Gasteiger partial charge in [0, 0.05) is 27.5 Å². The number of hydrogen-bond donors (Lipinski definition) is 2. The Kier molecular flexibility index (Phi) is 10.8. The average Bonchev–Trinajstić information content (AvgIpc) is 3.32. The molecule has 0 bridgehead atoms. The van der Waals surface area contributed by atoms with Gasteiger partial charge in [-0.3, -0.25) is 9.69 Å². The smallest absolute Gasteiger partial charge is 0.414 e. The summed E-state index contributed by atoms with van der Waals surface area (Å²) in [7, 11) is 5.72. The molecule has 2 aromatic carbocycles. The van der Waals surface area contributed by atoms with Crippen LogP contribution in [0.4, 0.5) is 5.13 Å². The molecule has 0 radical (unpaired) electrons. The van der Waals surface area contributed by atoms with Crippen molar-refractivity contribution >= 4 is 50.2 Å². The fourth-order valence-corrected chi connectivity index (χ4v) is 3.98. The van der Waals surface area contributed by atoms with Crippen LogP contribution in [0.15, 0.2) is 58.4 Å². The largest absolute Gasteiger partial charge is 0.497 e. The van der Waals surface area contributed by atoms with Crippen molar-refractivity contribution in [2.24, 2.45) is 0 Å². The monoisotopic (exact) mass is 563 g/mol. The molecule has 0 fully saturated rings. The van der Waals surface area contributed by atoms with Crippen LogP contribution in [-0.2, 0) is 9.59 Å². The van der Waals surface area contributed by atoms with Gasteiger partial charge in [0.1, 0.15) is 5.75 Å². The standard InChI is InChI=1S/C22H24BrN3O2S.C2H2O4/c1-25(2)13-4-14-26(21(27)17-5-9-18(23)10-6-17)22-24-20(15-29-22)16-7-11-19(28-3)12-8-16;3-1(4)2(5)6/h5-12,15H,4,13-14H2,1-3H3;(H,3,4)(H,5,6). The van der Waals surface area contributed by atoms with E-state index in [9.17, 15) is 4.79 Å². The van der Waals surface area contributed by atoms with Crippen LogP contribution in [0.25, 0.3) is 11.3 Å². The predicted molar refractivity (Wildman–Crippen MR) is 138 cm³/mol. The summed E-state index contributed by atoms with van der Waals surface area (Å²) in [4.78, 5) is 40.1. The van der Waals surface area contributed by atoms with E-state index in [1.807, 2.05) is 68.0 Å². The molecular formula is C24H26BrN3O6S. The zero-order valence-electron chi connectivity index (χ0n) is 19.5. The number of carbonyl (C=O) groups excluding carboxylic acids is 1. The second-order valence-corrected chi connectivity index (χ2v) is 9.23. The van der Waals surface area contributed by atoms with Crippen LogP contribution in [-0.4, -0.2) is 72.2 Å². The maximum atomic E-state index is 13.2. The molecule has 11 heteroatoms. The van der Waals surface area contributed by atoms with Crippen molar-refractivity contribution < 1.29 is 29.3 Å². The van der Waals surface area contributed by atoms with E-state index in [0.29, 0.717) is 17.2 Å². The third-order valence-electron chi connectivity index (χ3n) is 4.62. The van der Waals surface area contributed by atoms with Crippen LogP contribution in [0.5, 0.6) is 5.75 Å². The fourth-order valence-electron chi connectivity index (χ4n) is 2.86. The second kappa shape index (κ2) is 13.6. The highest BCUT2D eigenvalue weighted by molar-refractivity contribution is 9.10. The van der Waals surface area contributed by atoms with Gasteiger partial charge in [-0.25, -0.2) is 14.6 Å². The first-order chi connectivity index (χ1) is 16.6. The number of amides is 1. The molecule has 35 heavy (non-hydrogen) atoms. The highest BCUT2D eigenvalue weighted by atomic mass is 79.9. The zero-order valence-corrected chi connectivity index (χ0v) is 21.9. The second-order valence-electron chi connectivity index (χ2n) is 7.47. The molecule has 1 heterocycles. The number of carboxylic acid groups (broad SMARTS) is 2.